The molecule has 0 amide bonds. The summed E-state index contributed by atoms with van der Waals surface area (Å²) in [5.74, 6) is 0. The molecule has 1 unspecified atom stereocenters. The monoisotopic (exact) mass is 304 g/mol. The van der Waals surface area contributed by atoms with Crippen LogP contribution in [0.5, 0.6) is 0 Å². The molecule has 22 heavy (non-hydrogen) atoms. The first kappa shape index (κ1) is 17.4. The van der Waals surface area contributed by atoms with Crippen LogP contribution in [0, 0.1) is 0 Å². The molecular formula is C18H32N4. The molecule has 2 fully saturated rings. The molecule has 0 saturated carbocycles. The predicted molar refractivity (Wildman–Crippen MR) is 93.7 cm³/mol. The molecule has 2 aliphatic rings. The van der Waals surface area contributed by atoms with Gasteiger partial charge in [0.1, 0.15) is 0 Å². The van der Waals surface area contributed by atoms with Gasteiger partial charge in [-0.1, -0.05) is 36.8 Å². The van der Waals surface area contributed by atoms with Crippen LogP contribution >= 0.6 is 0 Å². The highest BCUT2D eigenvalue weighted by atomic mass is 15.2. The molecule has 4 N–H and O–H groups in total. The van der Waals surface area contributed by atoms with E-state index in [2.05, 4.69) is 40.1 Å². The molecule has 0 aliphatic carbocycles. The van der Waals surface area contributed by atoms with E-state index in [-0.39, 0.29) is 0 Å². The first-order valence-corrected chi connectivity index (χ1v) is 8.72. The van der Waals surface area contributed by atoms with E-state index in [1.165, 1.54) is 37.9 Å². The van der Waals surface area contributed by atoms with Gasteiger partial charge in [-0.05, 0) is 37.9 Å². The summed E-state index contributed by atoms with van der Waals surface area (Å²) in [5, 5.41) is 0. The summed E-state index contributed by atoms with van der Waals surface area (Å²) >= 11 is 0. The van der Waals surface area contributed by atoms with Crippen molar-refractivity contribution in [2.75, 3.05) is 39.3 Å². The number of likely N-dealkylation sites (tertiary alicyclic amines) is 2. The maximum absolute atomic E-state index is 5.84. The summed E-state index contributed by atoms with van der Waals surface area (Å²) in [6.07, 6.45) is 5.31. The number of rotatable bonds is 4. The van der Waals surface area contributed by atoms with E-state index in [0.717, 1.165) is 39.1 Å². The Morgan fingerprint density at radius 3 is 2.27 bits per heavy atom. The smallest absolute Gasteiger partial charge is 0.0234 e. The van der Waals surface area contributed by atoms with Crippen molar-refractivity contribution in [3.8, 4) is 0 Å². The molecule has 0 bridgehead atoms. The molecular weight excluding hydrogens is 272 g/mol. The normalized spacial score (nSPS) is 23.1. The molecule has 3 rings (SSSR count). The first-order chi connectivity index (χ1) is 10.8. The number of nitrogens with zero attached hydrogens (tertiary/aromatic N) is 2. The van der Waals surface area contributed by atoms with Crippen molar-refractivity contribution in [2.45, 2.75) is 38.3 Å². The number of nitrogens with two attached hydrogens (primary N) is 2. The largest absolute Gasteiger partial charge is 0.329 e. The van der Waals surface area contributed by atoms with Gasteiger partial charge in [-0.25, -0.2) is 0 Å². The van der Waals surface area contributed by atoms with Crippen LogP contribution < -0.4 is 11.5 Å². The third kappa shape index (κ3) is 6.44. The lowest BCUT2D eigenvalue weighted by atomic mass is 10.1. The molecule has 0 radical (unpaired) electrons. The van der Waals surface area contributed by atoms with Gasteiger partial charge in [0.25, 0.3) is 0 Å². The second kappa shape index (κ2) is 9.95. The Labute approximate surface area is 135 Å². The third-order valence-corrected chi connectivity index (χ3v) is 4.45. The van der Waals surface area contributed by atoms with Gasteiger partial charge < -0.3 is 16.4 Å². The highest BCUT2D eigenvalue weighted by Gasteiger charge is 2.18. The van der Waals surface area contributed by atoms with Crippen LogP contribution in [-0.4, -0.2) is 55.1 Å². The van der Waals surface area contributed by atoms with E-state index in [9.17, 15) is 0 Å². The zero-order valence-electron chi connectivity index (χ0n) is 13.8. The van der Waals surface area contributed by atoms with Gasteiger partial charge in [0.05, 0.1) is 0 Å². The number of hydrogen-bond acceptors (Lipinski definition) is 4. The van der Waals surface area contributed by atoms with Crippen molar-refractivity contribution in [1.82, 2.24) is 9.80 Å². The topological polar surface area (TPSA) is 58.5 Å². The Kier molecular flexibility index (Phi) is 7.88. The average Bonchev–Trinajstić information content (AvgIpc) is 2.95. The second-order valence-corrected chi connectivity index (χ2v) is 6.46. The standard InChI is InChI=1S/C11H16N2.C7H16N2/c12-11-6-7-13(9-11)8-10-4-2-1-3-5-10;8-4-7-9-5-2-1-3-6-9/h1-5,11H,6-9,12H2;1-8H2. The Morgan fingerprint density at radius 1 is 0.955 bits per heavy atom. The van der Waals surface area contributed by atoms with Crippen molar-refractivity contribution < 1.29 is 0 Å². The molecule has 2 saturated heterocycles. The van der Waals surface area contributed by atoms with Crippen molar-refractivity contribution in [2.24, 2.45) is 11.5 Å². The van der Waals surface area contributed by atoms with E-state index in [4.69, 9.17) is 11.5 Å². The van der Waals surface area contributed by atoms with E-state index in [1.807, 2.05) is 0 Å². The highest BCUT2D eigenvalue weighted by molar-refractivity contribution is 5.14. The molecule has 4 nitrogen and oxygen atoms in total. The van der Waals surface area contributed by atoms with Gasteiger partial charge >= 0.3 is 0 Å². The van der Waals surface area contributed by atoms with Crippen LogP contribution in [0.3, 0.4) is 0 Å². The fraction of sp³-hybridized carbons (Fsp3) is 0.667. The van der Waals surface area contributed by atoms with Crippen LogP contribution in [0.1, 0.15) is 31.2 Å². The summed E-state index contributed by atoms with van der Waals surface area (Å²) in [5.41, 5.74) is 12.6. The van der Waals surface area contributed by atoms with Crippen molar-refractivity contribution >= 4 is 0 Å². The second-order valence-electron chi connectivity index (χ2n) is 6.46. The Bertz CT molecular complexity index is 387. The lowest BCUT2D eigenvalue weighted by Gasteiger charge is -2.25. The fourth-order valence-corrected chi connectivity index (χ4v) is 3.21. The summed E-state index contributed by atoms with van der Waals surface area (Å²) in [4.78, 5) is 4.86. The summed E-state index contributed by atoms with van der Waals surface area (Å²) in [7, 11) is 0. The fourth-order valence-electron chi connectivity index (χ4n) is 3.21. The number of benzene rings is 1. The van der Waals surface area contributed by atoms with Crippen LogP contribution in [0.2, 0.25) is 0 Å². The molecule has 0 aromatic heterocycles. The van der Waals surface area contributed by atoms with Crippen LogP contribution in [0.4, 0.5) is 0 Å². The zero-order chi connectivity index (χ0) is 15.6. The van der Waals surface area contributed by atoms with Gasteiger partial charge in [-0.15, -0.1) is 0 Å². The van der Waals surface area contributed by atoms with Crippen molar-refractivity contribution in [1.29, 1.82) is 0 Å². The number of piperidine rings is 1. The highest BCUT2D eigenvalue weighted by Crippen LogP contribution is 2.11. The molecule has 1 atom stereocenters. The summed E-state index contributed by atoms with van der Waals surface area (Å²) < 4.78 is 0. The minimum absolute atomic E-state index is 0.392. The maximum atomic E-state index is 5.84. The van der Waals surface area contributed by atoms with E-state index in [0.29, 0.717) is 6.04 Å². The average molecular weight is 304 g/mol. The van der Waals surface area contributed by atoms with E-state index in [1.54, 1.807) is 0 Å². The van der Waals surface area contributed by atoms with Crippen LogP contribution in [0.25, 0.3) is 0 Å². The molecule has 1 aromatic carbocycles. The number of hydrogen-bond donors (Lipinski definition) is 2. The van der Waals surface area contributed by atoms with E-state index >= 15 is 0 Å². The van der Waals surface area contributed by atoms with Gasteiger partial charge in [0.2, 0.25) is 0 Å². The van der Waals surface area contributed by atoms with Gasteiger partial charge in [0.15, 0.2) is 0 Å². The first-order valence-electron chi connectivity index (χ1n) is 8.72. The molecule has 0 spiro atoms. The van der Waals surface area contributed by atoms with Gasteiger partial charge in [-0.2, -0.15) is 0 Å². The summed E-state index contributed by atoms with van der Waals surface area (Å²) in [6, 6.07) is 11.0. The summed E-state index contributed by atoms with van der Waals surface area (Å²) in [6.45, 7) is 7.72. The molecule has 124 valence electrons. The van der Waals surface area contributed by atoms with E-state index < -0.39 is 0 Å². The predicted octanol–water partition coefficient (Wildman–Crippen LogP) is 1.65. The molecule has 4 heteroatoms. The lowest BCUT2D eigenvalue weighted by molar-refractivity contribution is 0.235. The Balaban J connectivity index is 0.000000172. The van der Waals surface area contributed by atoms with Crippen LogP contribution in [-0.2, 0) is 6.54 Å². The third-order valence-electron chi connectivity index (χ3n) is 4.45. The minimum atomic E-state index is 0.392. The quantitative estimate of drug-likeness (QED) is 0.888. The van der Waals surface area contributed by atoms with Gasteiger partial charge in [-0.3, -0.25) is 4.90 Å². The van der Waals surface area contributed by atoms with Crippen molar-refractivity contribution in [3.63, 3.8) is 0 Å². The Morgan fingerprint density at radius 2 is 1.68 bits per heavy atom. The lowest BCUT2D eigenvalue weighted by Crippen LogP contribution is -2.33. The van der Waals surface area contributed by atoms with Crippen LogP contribution in [0.15, 0.2) is 30.3 Å². The maximum Gasteiger partial charge on any atom is 0.0234 e. The minimum Gasteiger partial charge on any atom is -0.329 e. The Hall–Kier alpha value is -0.940. The molecule has 2 heterocycles. The van der Waals surface area contributed by atoms with Gasteiger partial charge in [0, 0.05) is 38.8 Å². The van der Waals surface area contributed by atoms with Crippen molar-refractivity contribution in [3.05, 3.63) is 35.9 Å². The molecule has 2 aliphatic heterocycles. The molecule has 1 aromatic rings. The SMILES string of the molecule is NC1CCN(Cc2ccccc2)C1.NCCN1CCCCC1. The zero-order valence-corrected chi connectivity index (χ0v) is 13.8.